The van der Waals surface area contributed by atoms with Gasteiger partial charge in [0.1, 0.15) is 11.5 Å². The van der Waals surface area contributed by atoms with Crippen LogP contribution in [0.5, 0.6) is 11.5 Å². The third-order valence-corrected chi connectivity index (χ3v) is 4.03. The topological polar surface area (TPSA) is 59.0 Å². The minimum Gasteiger partial charge on any atom is -0.497 e. The molecular formula is C14H18BrNO4. The average Bonchev–Trinajstić information content (AvgIpc) is 2.46. The molecule has 20 heavy (non-hydrogen) atoms. The zero-order chi connectivity index (χ0) is 14.7. The number of hydrogen-bond donors (Lipinski definition) is 1. The molecule has 1 saturated heterocycles. The van der Waals surface area contributed by atoms with E-state index in [-0.39, 0.29) is 12.0 Å². The van der Waals surface area contributed by atoms with Gasteiger partial charge in [-0.15, -0.1) is 0 Å². The molecule has 6 heteroatoms. The van der Waals surface area contributed by atoms with E-state index in [1.54, 1.807) is 24.1 Å². The van der Waals surface area contributed by atoms with Crippen molar-refractivity contribution in [3.05, 3.63) is 22.2 Å². The first kappa shape index (κ1) is 15.1. The summed E-state index contributed by atoms with van der Waals surface area (Å²) in [5, 5.41) is 9.52. The van der Waals surface area contributed by atoms with Gasteiger partial charge >= 0.3 is 0 Å². The molecule has 1 aromatic carbocycles. The summed E-state index contributed by atoms with van der Waals surface area (Å²) in [7, 11) is 3.09. The van der Waals surface area contributed by atoms with E-state index in [1.807, 2.05) is 0 Å². The zero-order valence-electron chi connectivity index (χ0n) is 11.6. The van der Waals surface area contributed by atoms with Crippen LogP contribution in [0.25, 0.3) is 0 Å². The third-order valence-electron chi connectivity index (χ3n) is 3.44. The number of halogens is 1. The monoisotopic (exact) mass is 343 g/mol. The Bertz CT molecular complexity index is 498. The molecule has 5 nitrogen and oxygen atoms in total. The SMILES string of the molecule is COc1cc(Br)c(OC)c(C(=O)N2CCC(O)CC2)c1. The molecule has 1 aromatic rings. The van der Waals surface area contributed by atoms with Gasteiger partial charge in [0, 0.05) is 13.1 Å². The minimum atomic E-state index is -0.307. The number of aliphatic hydroxyl groups is 1. The maximum Gasteiger partial charge on any atom is 0.257 e. The quantitative estimate of drug-likeness (QED) is 0.912. The zero-order valence-corrected chi connectivity index (χ0v) is 13.1. The molecule has 1 aliphatic heterocycles. The van der Waals surface area contributed by atoms with Gasteiger partial charge in [-0.25, -0.2) is 0 Å². The van der Waals surface area contributed by atoms with Crippen LogP contribution >= 0.6 is 15.9 Å². The maximum absolute atomic E-state index is 12.6. The molecule has 1 heterocycles. The van der Waals surface area contributed by atoms with Gasteiger partial charge in [0.05, 0.1) is 30.4 Å². The molecule has 0 unspecified atom stereocenters. The van der Waals surface area contributed by atoms with E-state index < -0.39 is 0 Å². The summed E-state index contributed by atoms with van der Waals surface area (Å²) in [4.78, 5) is 14.3. The number of rotatable bonds is 3. The fourth-order valence-electron chi connectivity index (χ4n) is 2.29. The Hall–Kier alpha value is -1.27. The fraction of sp³-hybridized carbons (Fsp3) is 0.500. The van der Waals surface area contributed by atoms with Crippen molar-refractivity contribution in [2.45, 2.75) is 18.9 Å². The van der Waals surface area contributed by atoms with E-state index in [0.29, 0.717) is 47.5 Å². The normalized spacial score (nSPS) is 16.1. The Morgan fingerprint density at radius 1 is 1.30 bits per heavy atom. The molecular weight excluding hydrogens is 326 g/mol. The molecule has 0 aromatic heterocycles. The lowest BCUT2D eigenvalue weighted by molar-refractivity contribution is 0.0543. The number of nitrogens with zero attached hydrogens (tertiary/aromatic N) is 1. The van der Waals surface area contributed by atoms with Crippen LogP contribution < -0.4 is 9.47 Å². The fourth-order valence-corrected chi connectivity index (χ4v) is 2.89. The van der Waals surface area contributed by atoms with Gasteiger partial charge in [0.2, 0.25) is 0 Å². The molecule has 0 bridgehead atoms. The van der Waals surface area contributed by atoms with E-state index in [2.05, 4.69) is 15.9 Å². The Kier molecular flexibility index (Phi) is 4.88. The first-order valence-corrected chi connectivity index (χ1v) is 7.25. The number of ether oxygens (including phenoxy) is 2. The molecule has 1 fully saturated rings. The van der Waals surface area contributed by atoms with Crippen molar-refractivity contribution in [1.82, 2.24) is 4.90 Å². The predicted octanol–water partition coefficient (Wildman–Crippen LogP) is 2.06. The Balaban J connectivity index is 2.30. The van der Waals surface area contributed by atoms with Crippen LogP contribution in [0.3, 0.4) is 0 Å². The minimum absolute atomic E-state index is 0.103. The molecule has 0 radical (unpaired) electrons. The van der Waals surface area contributed by atoms with Crippen LogP contribution in [0.2, 0.25) is 0 Å². The van der Waals surface area contributed by atoms with Crippen LogP contribution in [0.15, 0.2) is 16.6 Å². The van der Waals surface area contributed by atoms with Crippen LogP contribution in [-0.2, 0) is 0 Å². The maximum atomic E-state index is 12.6. The second-order valence-electron chi connectivity index (χ2n) is 4.71. The Labute approximate surface area is 126 Å². The van der Waals surface area contributed by atoms with Crippen molar-refractivity contribution in [1.29, 1.82) is 0 Å². The van der Waals surface area contributed by atoms with Crippen molar-refractivity contribution in [3.8, 4) is 11.5 Å². The number of methoxy groups -OCH3 is 2. The van der Waals surface area contributed by atoms with Crippen LogP contribution in [0.4, 0.5) is 0 Å². The highest BCUT2D eigenvalue weighted by molar-refractivity contribution is 9.10. The summed E-state index contributed by atoms with van der Waals surface area (Å²) in [6.07, 6.45) is 0.913. The molecule has 1 N–H and O–H groups in total. The summed E-state index contributed by atoms with van der Waals surface area (Å²) >= 11 is 3.39. The van der Waals surface area contributed by atoms with Gasteiger partial charge in [-0.1, -0.05) is 0 Å². The van der Waals surface area contributed by atoms with Gasteiger partial charge in [-0.05, 0) is 40.9 Å². The highest BCUT2D eigenvalue weighted by atomic mass is 79.9. The Morgan fingerprint density at radius 2 is 1.95 bits per heavy atom. The average molecular weight is 344 g/mol. The molecule has 1 amide bonds. The van der Waals surface area contributed by atoms with E-state index >= 15 is 0 Å². The summed E-state index contributed by atoms with van der Waals surface area (Å²) in [5.74, 6) is 0.994. The van der Waals surface area contributed by atoms with Gasteiger partial charge < -0.3 is 19.5 Å². The number of benzene rings is 1. The smallest absolute Gasteiger partial charge is 0.257 e. The van der Waals surface area contributed by atoms with Crippen LogP contribution in [-0.4, -0.2) is 49.3 Å². The van der Waals surface area contributed by atoms with E-state index in [4.69, 9.17) is 9.47 Å². The van der Waals surface area contributed by atoms with Crippen molar-refractivity contribution >= 4 is 21.8 Å². The molecule has 0 aliphatic carbocycles. The highest BCUT2D eigenvalue weighted by Crippen LogP contribution is 2.34. The van der Waals surface area contributed by atoms with Crippen LogP contribution in [0.1, 0.15) is 23.2 Å². The second-order valence-corrected chi connectivity index (χ2v) is 5.57. The van der Waals surface area contributed by atoms with Gasteiger partial charge in [0.25, 0.3) is 5.91 Å². The number of aliphatic hydroxyl groups excluding tert-OH is 1. The highest BCUT2D eigenvalue weighted by Gasteiger charge is 2.26. The van der Waals surface area contributed by atoms with Gasteiger partial charge in [0.15, 0.2) is 0 Å². The van der Waals surface area contributed by atoms with Crippen LogP contribution in [0, 0.1) is 0 Å². The summed E-state index contributed by atoms with van der Waals surface area (Å²) < 4.78 is 11.2. The molecule has 2 rings (SSSR count). The molecule has 1 aliphatic rings. The predicted molar refractivity (Wildman–Crippen MR) is 78.4 cm³/mol. The number of piperidine rings is 1. The molecule has 0 atom stereocenters. The number of carbonyl (C=O) groups excluding carboxylic acids is 1. The number of hydrogen-bond acceptors (Lipinski definition) is 4. The van der Waals surface area contributed by atoms with Gasteiger partial charge in [-0.3, -0.25) is 4.79 Å². The second kappa shape index (κ2) is 6.45. The Morgan fingerprint density at radius 3 is 2.50 bits per heavy atom. The van der Waals surface area contributed by atoms with Crippen molar-refractivity contribution in [3.63, 3.8) is 0 Å². The molecule has 110 valence electrons. The van der Waals surface area contributed by atoms with E-state index in [0.717, 1.165) is 0 Å². The number of likely N-dealkylation sites (tertiary alicyclic amines) is 1. The third kappa shape index (κ3) is 3.07. The number of amides is 1. The first-order chi connectivity index (χ1) is 9.56. The van der Waals surface area contributed by atoms with E-state index in [9.17, 15) is 9.90 Å². The lowest BCUT2D eigenvalue weighted by Crippen LogP contribution is -2.40. The standard InChI is InChI=1S/C14H18BrNO4/c1-19-10-7-11(13(20-2)12(15)8-10)14(18)16-5-3-9(17)4-6-16/h7-9,17H,3-6H2,1-2H3. The van der Waals surface area contributed by atoms with Gasteiger partial charge in [-0.2, -0.15) is 0 Å². The van der Waals surface area contributed by atoms with Crippen molar-refractivity contribution in [2.75, 3.05) is 27.3 Å². The summed E-state index contributed by atoms with van der Waals surface area (Å²) in [5.41, 5.74) is 0.468. The van der Waals surface area contributed by atoms with Crippen molar-refractivity contribution in [2.24, 2.45) is 0 Å². The van der Waals surface area contributed by atoms with E-state index in [1.165, 1.54) is 7.11 Å². The number of carbonyl (C=O) groups is 1. The molecule has 0 saturated carbocycles. The molecule has 0 spiro atoms. The first-order valence-electron chi connectivity index (χ1n) is 6.45. The summed E-state index contributed by atoms with van der Waals surface area (Å²) in [6, 6.07) is 3.44. The van der Waals surface area contributed by atoms with Crippen molar-refractivity contribution < 1.29 is 19.4 Å². The lowest BCUT2D eigenvalue weighted by Gasteiger charge is -2.30. The largest absolute Gasteiger partial charge is 0.497 e. The summed E-state index contributed by atoms with van der Waals surface area (Å²) in [6.45, 7) is 1.11. The lowest BCUT2D eigenvalue weighted by atomic mass is 10.1.